The summed E-state index contributed by atoms with van der Waals surface area (Å²) in [5, 5.41) is 2.70. The lowest BCUT2D eigenvalue weighted by atomic mass is 10.2. The smallest absolute Gasteiger partial charge is 0.276 e. The first-order valence-electron chi connectivity index (χ1n) is 7.75. The molecule has 28 heavy (non-hydrogen) atoms. The molecule has 0 saturated carbocycles. The molecular formula is C17H13Cl2N5O3S. The topological polar surface area (TPSA) is 121 Å². The lowest BCUT2D eigenvalue weighted by Crippen LogP contribution is -2.29. The van der Waals surface area contributed by atoms with Gasteiger partial charge >= 0.3 is 0 Å². The van der Waals surface area contributed by atoms with Gasteiger partial charge in [0.25, 0.3) is 17.7 Å². The highest BCUT2D eigenvalue weighted by Gasteiger charge is 2.22. The fourth-order valence-corrected chi connectivity index (χ4v) is 3.85. The molecule has 3 aromatic rings. The zero-order chi connectivity index (χ0) is 20.4. The highest BCUT2D eigenvalue weighted by molar-refractivity contribution is 7.20. The van der Waals surface area contributed by atoms with Crippen molar-refractivity contribution in [3.8, 4) is 0 Å². The quantitative estimate of drug-likeness (QED) is 0.565. The minimum absolute atomic E-state index is 0.00337. The van der Waals surface area contributed by atoms with Gasteiger partial charge in [-0.15, -0.1) is 11.3 Å². The predicted molar refractivity (Wildman–Crippen MR) is 109 cm³/mol. The number of hydrogen-bond acceptors (Lipinski definition) is 5. The maximum Gasteiger partial charge on any atom is 0.276 e. The Morgan fingerprint density at radius 2 is 1.89 bits per heavy atom. The molecule has 0 aliphatic rings. The van der Waals surface area contributed by atoms with Gasteiger partial charge in [-0.1, -0.05) is 23.2 Å². The van der Waals surface area contributed by atoms with Gasteiger partial charge in [-0.3, -0.25) is 14.4 Å². The second-order valence-corrected chi connectivity index (χ2v) is 7.88. The van der Waals surface area contributed by atoms with E-state index in [1.807, 2.05) is 0 Å². The summed E-state index contributed by atoms with van der Waals surface area (Å²) in [4.78, 5) is 43.9. The van der Waals surface area contributed by atoms with Crippen LogP contribution in [0.15, 0.2) is 36.7 Å². The number of hydrogen-bond donors (Lipinski definition) is 3. The summed E-state index contributed by atoms with van der Waals surface area (Å²) in [7, 11) is 1.54. The molecule has 0 saturated heterocycles. The molecule has 0 radical (unpaired) electrons. The highest BCUT2D eigenvalue weighted by atomic mass is 35.5. The number of carbonyl (C=O) groups is 3. The molecule has 0 aliphatic carbocycles. The van der Waals surface area contributed by atoms with E-state index in [-0.39, 0.29) is 17.0 Å². The molecule has 0 fully saturated rings. The van der Waals surface area contributed by atoms with Crippen LogP contribution in [0.4, 0.5) is 11.4 Å². The Bertz CT molecular complexity index is 1060. The molecule has 8 nitrogen and oxygen atoms in total. The van der Waals surface area contributed by atoms with Crippen LogP contribution in [0.3, 0.4) is 0 Å². The molecule has 3 rings (SSSR count). The number of amides is 3. The molecule has 0 unspecified atom stereocenters. The van der Waals surface area contributed by atoms with Gasteiger partial charge in [-0.2, -0.15) is 0 Å². The molecule has 1 aromatic carbocycles. The first kappa shape index (κ1) is 19.9. The number of aromatic amines is 1. The maximum atomic E-state index is 12.6. The second-order valence-electron chi connectivity index (χ2n) is 5.59. The average Bonchev–Trinajstić information content (AvgIpc) is 3.27. The molecular weight excluding hydrogens is 425 g/mol. The van der Waals surface area contributed by atoms with Crippen LogP contribution in [0.1, 0.15) is 31.3 Å². The number of anilines is 2. The van der Waals surface area contributed by atoms with Crippen LogP contribution in [0.2, 0.25) is 8.67 Å². The van der Waals surface area contributed by atoms with E-state index in [4.69, 9.17) is 28.9 Å². The van der Waals surface area contributed by atoms with E-state index in [9.17, 15) is 14.4 Å². The number of thiophene rings is 1. The standard InChI is InChI=1S/C17H13Cl2N5O3S/c1-24(17(27)13-12(15(20)25)21-7-22-13)9-4-2-8(3-5-9)23-16(26)10-6-11(18)28-14(10)19/h2-7H,1H3,(H2,20,25)(H,21,22)(H,23,26). The lowest BCUT2D eigenvalue weighted by molar-refractivity contribution is 0.0958. The Labute approximate surface area is 173 Å². The van der Waals surface area contributed by atoms with Crippen molar-refractivity contribution < 1.29 is 14.4 Å². The van der Waals surface area contributed by atoms with Gasteiger partial charge in [0.15, 0.2) is 5.69 Å². The van der Waals surface area contributed by atoms with E-state index in [0.29, 0.717) is 20.0 Å². The minimum Gasteiger partial charge on any atom is -0.364 e. The van der Waals surface area contributed by atoms with Gasteiger partial charge in [-0.05, 0) is 30.3 Å². The van der Waals surface area contributed by atoms with Crippen molar-refractivity contribution in [3.05, 3.63) is 62.3 Å². The summed E-state index contributed by atoms with van der Waals surface area (Å²) in [6, 6.07) is 8.01. The van der Waals surface area contributed by atoms with E-state index in [1.54, 1.807) is 24.3 Å². The van der Waals surface area contributed by atoms with Gasteiger partial charge in [-0.25, -0.2) is 4.98 Å². The number of nitrogens with two attached hydrogens (primary N) is 1. The van der Waals surface area contributed by atoms with Crippen LogP contribution in [0.5, 0.6) is 0 Å². The monoisotopic (exact) mass is 437 g/mol. The third kappa shape index (κ3) is 4.01. The van der Waals surface area contributed by atoms with E-state index in [1.165, 1.54) is 24.3 Å². The number of imidazole rings is 1. The van der Waals surface area contributed by atoms with Crippen LogP contribution in [-0.2, 0) is 0 Å². The maximum absolute atomic E-state index is 12.6. The Morgan fingerprint density at radius 3 is 2.46 bits per heavy atom. The number of nitrogens with one attached hydrogen (secondary N) is 2. The Kier molecular flexibility index (Phi) is 5.68. The molecule has 3 amide bonds. The first-order valence-corrected chi connectivity index (χ1v) is 9.32. The molecule has 0 bridgehead atoms. The van der Waals surface area contributed by atoms with E-state index in [2.05, 4.69) is 15.3 Å². The van der Waals surface area contributed by atoms with Crippen LogP contribution in [-0.4, -0.2) is 34.7 Å². The normalized spacial score (nSPS) is 10.5. The molecule has 144 valence electrons. The van der Waals surface area contributed by atoms with Crippen molar-refractivity contribution in [2.45, 2.75) is 0 Å². The summed E-state index contributed by atoms with van der Waals surface area (Å²) < 4.78 is 0.717. The molecule has 2 heterocycles. The largest absolute Gasteiger partial charge is 0.364 e. The minimum atomic E-state index is -0.803. The number of halogens is 2. The Hall–Kier alpha value is -2.88. The van der Waals surface area contributed by atoms with Gasteiger partial charge in [0.1, 0.15) is 10.0 Å². The van der Waals surface area contributed by atoms with Crippen LogP contribution >= 0.6 is 34.5 Å². The first-order chi connectivity index (χ1) is 13.3. The van der Waals surface area contributed by atoms with Crippen molar-refractivity contribution in [2.75, 3.05) is 17.3 Å². The summed E-state index contributed by atoms with van der Waals surface area (Å²) in [6.45, 7) is 0. The number of H-pyrrole nitrogens is 1. The molecule has 0 atom stereocenters. The summed E-state index contributed by atoms with van der Waals surface area (Å²) in [6.07, 6.45) is 1.22. The predicted octanol–water partition coefficient (Wildman–Crippen LogP) is 3.41. The zero-order valence-electron chi connectivity index (χ0n) is 14.3. The Balaban J connectivity index is 1.74. The van der Waals surface area contributed by atoms with Crippen LogP contribution in [0, 0.1) is 0 Å². The van der Waals surface area contributed by atoms with Crippen LogP contribution in [0.25, 0.3) is 0 Å². The third-order valence-corrected chi connectivity index (χ3v) is 5.29. The van der Waals surface area contributed by atoms with Gasteiger partial charge < -0.3 is 20.9 Å². The number of rotatable bonds is 5. The van der Waals surface area contributed by atoms with E-state index < -0.39 is 17.7 Å². The average molecular weight is 438 g/mol. The van der Waals surface area contributed by atoms with Gasteiger partial charge in [0.2, 0.25) is 0 Å². The number of benzene rings is 1. The number of nitrogens with zero attached hydrogens (tertiary/aromatic N) is 2. The molecule has 11 heteroatoms. The molecule has 2 aromatic heterocycles. The lowest BCUT2D eigenvalue weighted by Gasteiger charge is -2.17. The van der Waals surface area contributed by atoms with Gasteiger partial charge in [0, 0.05) is 18.4 Å². The Morgan fingerprint density at radius 1 is 1.21 bits per heavy atom. The third-order valence-electron chi connectivity index (χ3n) is 3.81. The molecule has 4 N–H and O–H groups in total. The van der Waals surface area contributed by atoms with Crippen molar-refractivity contribution >= 4 is 63.6 Å². The van der Waals surface area contributed by atoms with Gasteiger partial charge in [0.05, 0.1) is 16.2 Å². The number of carbonyl (C=O) groups excluding carboxylic acids is 3. The summed E-state index contributed by atoms with van der Waals surface area (Å²) in [5.74, 6) is -1.68. The molecule has 0 spiro atoms. The van der Waals surface area contributed by atoms with Crippen molar-refractivity contribution in [2.24, 2.45) is 5.73 Å². The summed E-state index contributed by atoms with van der Waals surface area (Å²) in [5.41, 5.74) is 6.40. The van der Waals surface area contributed by atoms with Crippen molar-refractivity contribution in [3.63, 3.8) is 0 Å². The number of primary amides is 1. The highest BCUT2D eigenvalue weighted by Crippen LogP contribution is 2.31. The second kappa shape index (κ2) is 8.01. The van der Waals surface area contributed by atoms with Crippen LogP contribution < -0.4 is 16.0 Å². The van der Waals surface area contributed by atoms with Crippen molar-refractivity contribution in [1.29, 1.82) is 0 Å². The van der Waals surface area contributed by atoms with E-state index >= 15 is 0 Å². The van der Waals surface area contributed by atoms with Crippen molar-refractivity contribution in [1.82, 2.24) is 9.97 Å². The SMILES string of the molecule is CN(C(=O)c1[nH]cnc1C(N)=O)c1ccc(NC(=O)c2cc(Cl)sc2Cl)cc1. The zero-order valence-corrected chi connectivity index (χ0v) is 16.7. The summed E-state index contributed by atoms with van der Waals surface area (Å²) >= 11 is 12.9. The fourth-order valence-electron chi connectivity index (χ4n) is 2.39. The van der Waals surface area contributed by atoms with E-state index in [0.717, 1.165) is 11.3 Å². The fraction of sp³-hybridized carbons (Fsp3) is 0.0588. The molecule has 0 aliphatic heterocycles. The number of aromatic nitrogens is 2.